The van der Waals surface area contributed by atoms with Crippen molar-refractivity contribution in [3.8, 4) is 0 Å². The predicted octanol–water partition coefficient (Wildman–Crippen LogP) is 1.93. The van der Waals surface area contributed by atoms with Crippen molar-refractivity contribution in [1.82, 2.24) is 14.9 Å². The van der Waals surface area contributed by atoms with E-state index >= 15 is 0 Å². The SMILES string of the molecule is CCOC(=O)N1CCC(Nc2ncnc(N3CCSC3)c2[N+](=O)[O-])CC1. The van der Waals surface area contributed by atoms with E-state index in [9.17, 15) is 14.9 Å². The zero-order chi connectivity index (χ0) is 18.5. The quantitative estimate of drug-likeness (QED) is 0.602. The fourth-order valence-corrected chi connectivity index (χ4v) is 4.02. The molecule has 11 heteroatoms. The van der Waals surface area contributed by atoms with Crippen molar-refractivity contribution < 1.29 is 14.5 Å². The van der Waals surface area contributed by atoms with Crippen LogP contribution in [-0.4, -0.2) is 69.8 Å². The predicted molar refractivity (Wildman–Crippen MR) is 98.6 cm³/mol. The van der Waals surface area contributed by atoms with Gasteiger partial charge in [-0.1, -0.05) is 0 Å². The largest absolute Gasteiger partial charge is 0.450 e. The summed E-state index contributed by atoms with van der Waals surface area (Å²) in [5.41, 5.74) is -0.0807. The van der Waals surface area contributed by atoms with Crippen LogP contribution in [0, 0.1) is 10.1 Å². The second-order valence-corrected chi connectivity index (χ2v) is 7.13. The number of carbonyl (C=O) groups excluding carboxylic acids is 1. The van der Waals surface area contributed by atoms with Gasteiger partial charge in [0.05, 0.1) is 17.4 Å². The van der Waals surface area contributed by atoms with Crippen LogP contribution in [0.1, 0.15) is 19.8 Å². The summed E-state index contributed by atoms with van der Waals surface area (Å²) in [4.78, 5) is 34.8. The molecule has 2 aliphatic rings. The maximum atomic E-state index is 11.8. The lowest BCUT2D eigenvalue weighted by molar-refractivity contribution is -0.383. The summed E-state index contributed by atoms with van der Waals surface area (Å²) in [5, 5.41) is 14.8. The molecule has 2 aliphatic heterocycles. The highest BCUT2D eigenvalue weighted by Gasteiger charge is 2.31. The van der Waals surface area contributed by atoms with Crippen molar-refractivity contribution in [3.05, 3.63) is 16.4 Å². The Morgan fingerprint density at radius 1 is 1.42 bits per heavy atom. The average Bonchev–Trinajstić information content (AvgIpc) is 3.16. The Morgan fingerprint density at radius 2 is 2.19 bits per heavy atom. The van der Waals surface area contributed by atoms with E-state index in [0.29, 0.717) is 44.2 Å². The van der Waals surface area contributed by atoms with E-state index in [1.165, 1.54) is 6.33 Å². The average molecular weight is 382 g/mol. The molecule has 1 aromatic heterocycles. The monoisotopic (exact) mass is 382 g/mol. The first kappa shape index (κ1) is 18.5. The number of hydrogen-bond acceptors (Lipinski definition) is 9. The molecule has 142 valence electrons. The van der Waals surface area contributed by atoms with Crippen LogP contribution in [0.25, 0.3) is 0 Å². The van der Waals surface area contributed by atoms with Crippen LogP contribution >= 0.6 is 11.8 Å². The second-order valence-electron chi connectivity index (χ2n) is 6.06. The molecule has 3 rings (SSSR count). The number of ether oxygens (including phenoxy) is 1. The maximum absolute atomic E-state index is 11.8. The molecule has 26 heavy (non-hydrogen) atoms. The van der Waals surface area contributed by atoms with E-state index in [2.05, 4.69) is 15.3 Å². The number of hydrogen-bond donors (Lipinski definition) is 1. The Kier molecular flexibility index (Phi) is 5.96. The number of likely N-dealkylation sites (tertiary alicyclic amines) is 1. The van der Waals surface area contributed by atoms with Crippen LogP contribution in [-0.2, 0) is 4.74 Å². The molecule has 1 amide bonds. The number of anilines is 2. The first-order valence-corrected chi connectivity index (χ1v) is 9.76. The van der Waals surface area contributed by atoms with Crippen molar-refractivity contribution >= 4 is 35.2 Å². The highest BCUT2D eigenvalue weighted by molar-refractivity contribution is 7.99. The number of nitrogens with one attached hydrogen (secondary N) is 1. The molecule has 1 N–H and O–H groups in total. The highest BCUT2D eigenvalue weighted by atomic mass is 32.2. The number of nitro groups is 1. The molecule has 0 spiro atoms. The molecule has 0 aliphatic carbocycles. The normalized spacial score (nSPS) is 18.0. The van der Waals surface area contributed by atoms with Gasteiger partial charge in [-0.05, 0) is 19.8 Å². The number of thioether (sulfide) groups is 1. The number of carbonyl (C=O) groups is 1. The standard InChI is InChI=1S/C15H22N6O4S/c1-2-25-15(22)19-5-3-11(4-6-19)18-13-12(21(23)24)14(17-9-16-13)20-7-8-26-10-20/h9,11H,2-8,10H2,1H3,(H,16,17,18). The van der Waals surface area contributed by atoms with E-state index in [0.717, 1.165) is 12.3 Å². The molecular weight excluding hydrogens is 360 g/mol. The van der Waals surface area contributed by atoms with Crippen molar-refractivity contribution in [1.29, 1.82) is 0 Å². The number of piperidine rings is 1. The zero-order valence-corrected chi connectivity index (χ0v) is 15.4. The molecule has 2 saturated heterocycles. The van der Waals surface area contributed by atoms with Crippen LogP contribution in [0.15, 0.2) is 6.33 Å². The van der Waals surface area contributed by atoms with Gasteiger partial charge >= 0.3 is 11.8 Å². The van der Waals surface area contributed by atoms with Gasteiger partial charge in [0.2, 0.25) is 11.6 Å². The second kappa shape index (κ2) is 8.39. The molecule has 10 nitrogen and oxygen atoms in total. The Bertz CT molecular complexity index is 662. The summed E-state index contributed by atoms with van der Waals surface area (Å²) in [7, 11) is 0. The van der Waals surface area contributed by atoms with Gasteiger partial charge in [0.15, 0.2) is 0 Å². The Balaban J connectivity index is 1.69. The highest BCUT2D eigenvalue weighted by Crippen LogP contribution is 2.35. The Hall–Kier alpha value is -2.30. The molecule has 0 atom stereocenters. The third-order valence-electron chi connectivity index (χ3n) is 4.40. The van der Waals surface area contributed by atoms with Crippen LogP contribution in [0.4, 0.5) is 22.1 Å². The summed E-state index contributed by atoms with van der Waals surface area (Å²) < 4.78 is 5.01. The summed E-state index contributed by atoms with van der Waals surface area (Å²) in [6.45, 7) is 3.95. The van der Waals surface area contributed by atoms with Gasteiger partial charge in [0, 0.05) is 31.4 Å². The molecular formula is C15H22N6O4S. The minimum absolute atomic E-state index is 0.00933. The first-order valence-electron chi connectivity index (χ1n) is 8.60. The number of nitrogens with zero attached hydrogens (tertiary/aromatic N) is 5. The Morgan fingerprint density at radius 3 is 2.81 bits per heavy atom. The van der Waals surface area contributed by atoms with Crippen molar-refractivity contribution in [2.75, 3.05) is 48.1 Å². The minimum Gasteiger partial charge on any atom is -0.450 e. The molecule has 0 unspecified atom stereocenters. The minimum atomic E-state index is -0.422. The lowest BCUT2D eigenvalue weighted by atomic mass is 10.1. The fraction of sp³-hybridized carbons (Fsp3) is 0.667. The van der Waals surface area contributed by atoms with Crippen LogP contribution in [0.5, 0.6) is 0 Å². The molecule has 3 heterocycles. The smallest absolute Gasteiger partial charge is 0.409 e. The third-order valence-corrected chi connectivity index (χ3v) is 5.37. The molecule has 0 bridgehead atoms. The van der Waals surface area contributed by atoms with E-state index in [1.807, 2.05) is 4.90 Å². The van der Waals surface area contributed by atoms with Crippen molar-refractivity contribution in [3.63, 3.8) is 0 Å². The van der Waals surface area contributed by atoms with Gasteiger partial charge in [-0.2, -0.15) is 0 Å². The molecule has 1 aromatic rings. The fourth-order valence-electron chi connectivity index (χ4n) is 3.07. The molecule has 0 radical (unpaired) electrons. The summed E-state index contributed by atoms with van der Waals surface area (Å²) in [6.07, 6.45) is 2.40. The van der Waals surface area contributed by atoms with Crippen molar-refractivity contribution in [2.45, 2.75) is 25.8 Å². The first-order chi connectivity index (χ1) is 12.6. The topological polar surface area (TPSA) is 114 Å². The lowest BCUT2D eigenvalue weighted by Crippen LogP contribution is -2.42. The lowest BCUT2D eigenvalue weighted by Gasteiger charge is -2.31. The zero-order valence-electron chi connectivity index (χ0n) is 14.6. The van der Waals surface area contributed by atoms with E-state index < -0.39 is 4.92 Å². The van der Waals surface area contributed by atoms with Crippen LogP contribution in [0.3, 0.4) is 0 Å². The van der Waals surface area contributed by atoms with E-state index in [1.54, 1.807) is 23.6 Å². The molecule has 0 saturated carbocycles. The van der Waals surface area contributed by atoms with Gasteiger partial charge in [0.1, 0.15) is 6.33 Å². The van der Waals surface area contributed by atoms with Gasteiger partial charge < -0.3 is 19.9 Å². The van der Waals surface area contributed by atoms with Crippen LogP contribution in [0.2, 0.25) is 0 Å². The number of aromatic nitrogens is 2. The van der Waals surface area contributed by atoms with Gasteiger partial charge in [-0.25, -0.2) is 14.8 Å². The van der Waals surface area contributed by atoms with Gasteiger partial charge in [-0.3, -0.25) is 10.1 Å². The third kappa shape index (κ3) is 4.09. The Labute approximate surface area is 155 Å². The number of amides is 1. The van der Waals surface area contributed by atoms with Crippen molar-refractivity contribution in [2.24, 2.45) is 0 Å². The summed E-state index contributed by atoms with van der Waals surface area (Å²) in [6, 6.07) is 0.00933. The molecule has 0 aromatic carbocycles. The summed E-state index contributed by atoms with van der Waals surface area (Å²) in [5.74, 6) is 2.22. The maximum Gasteiger partial charge on any atom is 0.409 e. The number of rotatable bonds is 5. The molecule has 2 fully saturated rings. The van der Waals surface area contributed by atoms with Gasteiger partial charge in [0.25, 0.3) is 0 Å². The summed E-state index contributed by atoms with van der Waals surface area (Å²) >= 11 is 1.72. The van der Waals surface area contributed by atoms with Crippen LogP contribution < -0.4 is 10.2 Å². The van der Waals surface area contributed by atoms with E-state index in [4.69, 9.17) is 4.74 Å². The van der Waals surface area contributed by atoms with Gasteiger partial charge in [-0.15, -0.1) is 11.8 Å². The van der Waals surface area contributed by atoms with E-state index in [-0.39, 0.29) is 23.6 Å².